The molecule has 104 valence electrons. The second-order valence-corrected chi connectivity index (χ2v) is 6.79. The van der Waals surface area contributed by atoms with Crippen molar-refractivity contribution in [1.82, 2.24) is 4.90 Å². The van der Waals surface area contributed by atoms with Gasteiger partial charge < -0.3 is 4.90 Å². The fourth-order valence-corrected chi connectivity index (χ4v) is 4.02. The van der Waals surface area contributed by atoms with Crippen LogP contribution in [0.25, 0.3) is 0 Å². The zero-order valence-electron chi connectivity index (χ0n) is 10.9. The van der Waals surface area contributed by atoms with Gasteiger partial charge in [-0.05, 0) is 37.7 Å². The van der Waals surface area contributed by atoms with Gasteiger partial charge in [0, 0.05) is 13.1 Å². The summed E-state index contributed by atoms with van der Waals surface area (Å²) in [6, 6.07) is 8.37. The number of amidine groups is 1. The van der Waals surface area contributed by atoms with E-state index in [1.165, 1.54) is 18.2 Å². The number of piperidine rings is 1. The lowest BCUT2D eigenvalue weighted by Crippen LogP contribution is -2.34. The van der Waals surface area contributed by atoms with E-state index in [0.29, 0.717) is 5.17 Å². The summed E-state index contributed by atoms with van der Waals surface area (Å²) in [7, 11) is -3.60. The minimum atomic E-state index is -3.60. The van der Waals surface area contributed by atoms with Gasteiger partial charge in [0.05, 0.1) is 4.90 Å². The highest BCUT2D eigenvalue weighted by Gasteiger charge is 2.19. The average Bonchev–Trinajstić information content (AvgIpc) is 2.47. The highest BCUT2D eigenvalue weighted by Crippen LogP contribution is 2.18. The number of benzene rings is 1. The Balaban J connectivity index is 2.26. The number of likely N-dealkylation sites (tertiary alicyclic amines) is 1. The number of nitrogens with zero attached hydrogens (tertiary/aromatic N) is 2. The SMILES string of the molecule is CS/C(=N\S(=O)(=O)c1ccccc1)N1CCCCC1. The number of rotatable bonds is 2. The number of sulfonamides is 1. The van der Waals surface area contributed by atoms with E-state index in [1.54, 1.807) is 30.3 Å². The van der Waals surface area contributed by atoms with Crippen molar-refractivity contribution in [3.63, 3.8) is 0 Å². The summed E-state index contributed by atoms with van der Waals surface area (Å²) >= 11 is 1.39. The first-order chi connectivity index (χ1) is 9.13. The van der Waals surface area contributed by atoms with Gasteiger partial charge in [-0.3, -0.25) is 0 Å². The molecule has 0 radical (unpaired) electrons. The predicted octanol–water partition coefficient (Wildman–Crippen LogP) is 2.58. The first-order valence-corrected chi connectivity index (χ1v) is 8.99. The summed E-state index contributed by atoms with van der Waals surface area (Å²) in [5.41, 5.74) is 0. The van der Waals surface area contributed by atoms with Crippen molar-refractivity contribution in [1.29, 1.82) is 0 Å². The molecule has 0 bridgehead atoms. The van der Waals surface area contributed by atoms with E-state index in [4.69, 9.17) is 0 Å². The normalized spacial score (nSPS) is 17.5. The molecule has 2 rings (SSSR count). The number of hydrogen-bond donors (Lipinski definition) is 0. The van der Waals surface area contributed by atoms with E-state index in [9.17, 15) is 8.42 Å². The third-order valence-electron chi connectivity index (χ3n) is 3.05. The minimum Gasteiger partial charge on any atom is -0.351 e. The van der Waals surface area contributed by atoms with Crippen LogP contribution in [0, 0.1) is 0 Å². The Bertz CT molecular complexity index is 535. The van der Waals surface area contributed by atoms with Crippen LogP contribution in [0.15, 0.2) is 39.6 Å². The second-order valence-electron chi connectivity index (χ2n) is 4.41. The Labute approximate surface area is 119 Å². The van der Waals surface area contributed by atoms with E-state index in [0.717, 1.165) is 25.9 Å². The molecule has 0 spiro atoms. The van der Waals surface area contributed by atoms with E-state index >= 15 is 0 Å². The van der Waals surface area contributed by atoms with Crippen molar-refractivity contribution in [3.05, 3.63) is 30.3 Å². The van der Waals surface area contributed by atoms with Crippen molar-refractivity contribution in [2.24, 2.45) is 4.40 Å². The third-order valence-corrected chi connectivity index (χ3v) is 5.16. The number of thioether (sulfide) groups is 1. The monoisotopic (exact) mass is 298 g/mol. The Morgan fingerprint density at radius 2 is 1.79 bits per heavy atom. The smallest absolute Gasteiger partial charge is 0.284 e. The summed E-state index contributed by atoms with van der Waals surface area (Å²) in [5.74, 6) is 0. The molecule has 1 fully saturated rings. The molecule has 0 unspecified atom stereocenters. The molecule has 1 aliphatic rings. The highest BCUT2D eigenvalue weighted by molar-refractivity contribution is 8.13. The number of hydrogen-bond acceptors (Lipinski definition) is 3. The lowest BCUT2D eigenvalue weighted by atomic mass is 10.1. The molecule has 1 saturated heterocycles. The molecule has 0 amide bonds. The predicted molar refractivity (Wildman–Crippen MR) is 80.0 cm³/mol. The van der Waals surface area contributed by atoms with Crippen molar-refractivity contribution in [2.75, 3.05) is 19.3 Å². The quantitative estimate of drug-likeness (QED) is 0.622. The topological polar surface area (TPSA) is 49.7 Å². The molecule has 0 aliphatic carbocycles. The molecule has 6 heteroatoms. The average molecular weight is 298 g/mol. The van der Waals surface area contributed by atoms with Crippen molar-refractivity contribution in [3.8, 4) is 0 Å². The third kappa shape index (κ3) is 3.73. The van der Waals surface area contributed by atoms with Gasteiger partial charge in [-0.1, -0.05) is 30.0 Å². The molecule has 1 aromatic rings. The molecule has 1 aromatic carbocycles. The molecule has 4 nitrogen and oxygen atoms in total. The van der Waals surface area contributed by atoms with Gasteiger partial charge in [-0.25, -0.2) is 0 Å². The Morgan fingerprint density at radius 1 is 1.16 bits per heavy atom. The van der Waals surface area contributed by atoms with Gasteiger partial charge in [0.15, 0.2) is 5.17 Å². The van der Waals surface area contributed by atoms with Crippen LogP contribution < -0.4 is 0 Å². The Morgan fingerprint density at radius 3 is 2.37 bits per heavy atom. The Hall–Kier alpha value is -1.01. The molecular weight excluding hydrogens is 280 g/mol. The molecule has 0 saturated carbocycles. The molecule has 0 atom stereocenters. The zero-order valence-corrected chi connectivity index (χ0v) is 12.6. The van der Waals surface area contributed by atoms with Crippen LogP contribution in [-0.4, -0.2) is 37.8 Å². The van der Waals surface area contributed by atoms with Crippen LogP contribution in [0.3, 0.4) is 0 Å². The van der Waals surface area contributed by atoms with Gasteiger partial charge in [0.25, 0.3) is 10.0 Å². The van der Waals surface area contributed by atoms with Crippen LogP contribution >= 0.6 is 11.8 Å². The standard InChI is InChI=1S/C13H18N2O2S2/c1-18-13(15-10-6-3-7-11-15)14-19(16,17)12-8-4-2-5-9-12/h2,4-5,8-9H,3,6-7,10-11H2,1H3/b14-13-. The van der Waals surface area contributed by atoms with Crippen LogP contribution in [0.5, 0.6) is 0 Å². The summed E-state index contributed by atoms with van der Waals surface area (Å²) in [4.78, 5) is 2.31. The van der Waals surface area contributed by atoms with Gasteiger partial charge in [-0.2, -0.15) is 8.42 Å². The highest BCUT2D eigenvalue weighted by atomic mass is 32.2. The van der Waals surface area contributed by atoms with Gasteiger partial charge in [-0.15, -0.1) is 4.40 Å². The first-order valence-electron chi connectivity index (χ1n) is 6.32. The molecule has 0 N–H and O–H groups in total. The van der Waals surface area contributed by atoms with Gasteiger partial charge >= 0.3 is 0 Å². The first kappa shape index (κ1) is 14.4. The molecule has 0 aromatic heterocycles. The van der Waals surface area contributed by atoms with Gasteiger partial charge in [0.2, 0.25) is 0 Å². The van der Waals surface area contributed by atoms with E-state index in [-0.39, 0.29) is 4.90 Å². The molecular formula is C13H18N2O2S2. The van der Waals surface area contributed by atoms with E-state index in [2.05, 4.69) is 9.30 Å². The fraction of sp³-hybridized carbons (Fsp3) is 0.462. The van der Waals surface area contributed by atoms with Crippen molar-refractivity contribution in [2.45, 2.75) is 24.2 Å². The van der Waals surface area contributed by atoms with Crippen LogP contribution in [0.1, 0.15) is 19.3 Å². The lowest BCUT2D eigenvalue weighted by Gasteiger charge is -2.28. The van der Waals surface area contributed by atoms with Gasteiger partial charge in [0.1, 0.15) is 0 Å². The van der Waals surface area contributed by atoms with Crippen LogP contribution in [0.4, 0.5) is 0 Å². The largest absolute Gasteiger partial charge is 0.351 e. The zero-order chi connectivity index (χ0) is 13.7. The van der Waals surface area contributed by atoms with Crippen LogP contribution in [0.2, 0.25) is 0 Å². The van der Waals surface area contributed by atoms with Crippen LogP contribution in [-0.2, 0) is 10.0 Å². The minimum absolute atomic E-state index is 0.249. The summed E-state index contributed by atoms with van der Waals surface area (Å²) in [6.45, 7) is 1.79. The summed E-state index contributed by atoms with van der Waals surface area (Å²) in [6.07, 6.45) is 5.29. The second kappa shape index (κ2) is 6.43. The molecule has 1 heterocycles. The maximum Gasteiger partial charge on any atom is 0.284 e. The molecule has 19 heavy (non-hydrogen) atoms. The van der Waals surface area contributed by atoms with Crippen molar-refractivity contribution >= 4 is 27.0 Å². The van der Waals surface area contributed by atoms with E-state index < -0.39 is 10.0 Å². The fourth-order valence-electron chi connectivity index (χ4n) is 2.06. The maximum absolute atomic E-state index is 12.2. The van der Waals surface area contributed by atoms with E-state index in [1.807, 2.05) is 6.26 Å². The summed E-state index contributed by atoms with van der Waals surface area (Å²) < 4.78 is 28.4. The lowest BCUT2D eigenvalue weighted by molar-refractivity contribution is 0.348. The van der Waals surface area contributed by atoms with Crippen molar-refractivity contribution < 1.29 is 8.42 Å². The molecule has 1 aliphatic heterocycles. The maximum atomic E-state index is 12.2. The Kier molecular flexibility index (Phi) is 4.87. The summed E-state index contributed by atoms with van der Waals surface area (Å²) in [5, 5.41) is 0.601.